The second kappa shape index (κ2) is 3.99. The van der Waals surface area contributed by atoms with Gasteiger partial charge in [-0.05, 0) is 35.6 Å². The molecule has 1 amide bonds. The summed E-state index contributed by atoms with van der Waals surface area (Å²) in [6.45, 7) is 1.12. The van der Waals surface area contributed by atoms with E-state index in [0.717, 1.165) is 10.9 Å². The van der Waals surface area contributed by atoms with Crippen LogP contribution in [0.25, 0.3) is 10.1 Å². The standard InChI is InChI=1S/C12H10BrNO2S/c13-7-1-2-10-8(5-7)9-6-14(12(15)16)4-3-11(9)17-10/h1-2,5H,3-4,6H2,(H,15,16). The maximum Gasteiger partial charge on any atom is 0.407 e. The molecule has 3 rings (SSSR count). The summed E-state index contributed by atoms with van der Waals surface area (Å²) in [5, 5.41) is 10.2. The molecule has 88 valence electrons. The number of hydrogen-bond acceptors (Lipinski definition) is 2. The first-order valence-corrected chi connectivity index (χ1v) is 6.94. The molecule has 0 radical (unpaired) electrons. The molecule has 0 atom stereocenters. The number of carbonyl (C=O) groups is 1. The Kier molecular flexibility index (Phi) is 2.60. The van der Waals surface area contributed by atoms with Crippen LogP contribution >= 0.6 is 27.3 Å². The van der Waals surface area contributed by atoms with Gasteiger partial charge in [0.15, 0.2) is 0 Å². The van der Waals surface area contributed by atoms with Gasteiger partial charge in [0.2, 0.25) is 0 Å². The second-order valence-corrected chi connectivity index (χ2v) is 6.15. The van der Waals surface area contributed by atoms with Gasteiger partial charge in [-0.25, -0.2) is 4.79 Å². The fraction of sp³-hybridized carbons (Fsp3) is 0.250. The summed E-state index contributed by atoms with van der Waals surface area (Å²) in [5.41, 5.74) is 1.18. The molecule has 1 aromatic heterocycles. The van der Waals surface area contributed by atoms with Crippen LogP contribution in [-0.4, -0.2) is 22.6 Å². The second-order valence-electron chi connectivity index (χ2n) is 4.10. The van der Waals surface area contributed by atoms with Crippen molar-refractivity contribution in [2.24, 2.45) is 0 Å². The van der Waals surface area contributed by atoms with Crippen LogP contribution in [0.2, 0.25) is 0 Å². The summed E-state index contributed by atoms with van der Waals surface area (Å²) in [5.74, 6) is 0. The average molecular weight is 312 g/mol. The quantitative estimate of drug-likeness (QED) is 0.806. The summed E-state index contributed by atoms with van der Waals surface area (Å²) in [6.07, 6.45) is 0.00324. The minimum atomic E-state index is -0.829. The number of benzene rings is 1. The van der Waals surface area contributed by atoms with Crippen LogP contribution in [0.4, 0.5) is 4.79 Å². The monoisotopic (exact) mass is 311 g/mol. The van der Waals surface area contributed by atoms with Crippen LogP contribution in [0.1, 0.15) is 10.4 Å². The molecule has 1 N–H and O–H groups in total. The predicted molar refractivity (Wildman–Crippen MR) is 71.7 cm³/mol. The molecular formula is C12H10BrNO2S. The molecule has 3 nitrogen and oxygen atoms in total. The maximum absolute atomic E-state index is 11.0. The molecule has 17 heavy (non-hydrogen) atoms. The van der Waals surface area contributed by atoms with Crippen molar-refractivity contribution in [3.05, 3.63) is 33.1 Å². The van der Waals surface area contributed by atoms with E-state index in [9.17, 15) is 4.79 Å². The van der Waals surface area contributed by atoms with E-state index in [0.29, 0.717) is 13.1 Å². The highest BCUT2D eigenvalue weighted by atomic mass is 79.9. The molecule has 0 saturated heterocycles. The SMILES string of the molecule is O=C(O)N1CCc2sc3ccc(Br)cc3c2C1. The minimum absolute atomic E-state index is 0.515. The Hall–Kier alpha value is -1.07. The number of thiophene rings is 1. The lowest BCUT2D eigenvalue weighted by atomic mass is 10.1. The Morgan fingerprint density at radius 2 is 2.29 bits per heavy atom. The highest BCUT2D eigenvalue weighted by molar-refractivity contribution is 9.10. The lowest BCUT2D eigenvalue weighted by Crippen LogP contribution is -2.34. The normalized spacial score (nSPS) is 15.0. The van der Waals surface area contributed by atoms with E-state index in [1.165, 1.54) is 25.4 Å². The first-order valence-electron chi connectivity index (χ1n) is 5.33. The third kappa shape index (κ3) is 1.83. The van der Waals surface area contributed by atoms with E-state index < -0.39 is 6.09 Å². The molecule has 2 heterocycles. The van der Waals surface area contributed by atoms with Crippen molar-refractivity contribution < 1.29 is 9.90 Å². The average Bonchev–Trinajstić information content (AvgIpc) is 2.66. The first kappa shape index (κ1) is 11.0. The summed E-state index contributed by atoms with van der Waals surface area (Å²) < 4.78 is 2.28. The van der Waals surface area contributed by atoms with Crippen LogP contribution in [0, 0.1) is 0 Å². The molecule has 0 bridgehead atoms. The third-order valence-electron chi connectivity index (χ3n) is 3.06. The molecule has 0 fully saturated rings. The van der Waals surface area contributed by atoms with E-state index in [1.54, 1.807) is 11.3 Å². The first-order chi connectivity index (χ1) is 8.15. The van der Waals surface area contributed by atoms with Gasteiger partial charge in [-0.15, -0.1) is 11.3 Å². The zero-order valence-electron chi connectivity index (χ0n) is 8.94. The van der Waals surface area contributed by atoms with Crippen LogP contribution in [0.15, 0.2) is 22.7 Å². The summed E-state index contributed by atoms with van der Waals surface area (Å²) >= 11 is 5.25. The number of hydrogen-bond donors (Lipinski definition) is 1. The van der Waals surface area contributed by atoms with Crippen LogP contribution in [-0.2, 0) is 13.0 Å². The van der Waals surface area contributed by atoms with Crippen molar-refractivity contribution in [3.63, 3.8) is 0 Å². The van der Waals surface area contributed by atoms with Crippen molar-refractivity contribution in [2.75, 3.05) is 6.54 Å². The Morgan fingerprint density at radius 3 is 3.06 bits per heavy atom. The summed E-state index contributed by atoms with van der Waals surface area (Å²) in [7, 11) is 0. The lowest BCUT2D eigenvalue weighted by molar-refractivity contribution is 0.140. The van der Waals surface area contributed by atoms with E-state index in [4.69, 9.17) is 5.11 Å². The van der Waals surface area contributed by atoms with Crippen molar-refractivity contribution in [1.82, 2.24) is 4.90 Å². The van der Waals surface area contributed by atoms with Crippen molar-refractivity contribution in [3.8, 4) is 0 Å². The number of amides is 1. The van der Waals surface area contributed by atoms with Crippen molar-refractivity contribution in [1.29, 1.82) is 0 Å². The number of fused-ring (bicyclic) bond motifs is 3. The number of halogens is 1. The van der Waals surface area contributed by atoms with E-state index in [-0.39, 0.29) is 0 Å². The summed E-state index contributed by atoms with van der Waals surface area (Å²) in [6, 6.07) is 6.20. The number of carboxylic acid groups (broad SMARTS) is 1. The Bertz CT molecular complexity index is 608. The molecule has 0 spiro atoms. The summed E-state index contributed by atoms with van der Waals surface area (Å²) in [4.78, 5) is 13.8. The van der Waals surface area contributed by atoms with Crippen LogP contribution in [0.5, 0.6) is 0 Å². The molecule has 0 unspecified atom stereocenters. The smallest absolute Gasteiger partial charge is 0.407 e. The number of rotatable bonds is 0. The zero-order chi connectivity index (χ0) is 12.0. The zero-order valence-corrected chi connectivity index (χ0v) is 11.3. The van der Waals surface area contributed by atoms with Gasteiger partial charge in [0.25, 0.3) is 0 Å². The van der Waals surface area contributed by atoms with Crippen molar-refractivity contribution in [2.45, 2.75) is 13.0 Å². The predicted octanol–water partition coefficient (Wildman–Crippen LogP) is 3.70. The molecule has 1 aromatic carbocycles. The van der Waals surface area contributed by atoms with Gasteiger partial charge >= 0.3 is 6.09 Å². The van der Waals surface area contributed by atoms with Crippen molar-refractivity contribution >= 4 is 43.4 Å². The van der Waals surface area contributed by atoms with Gasteiger partial charge < -0.3 is 10.0 Å². The molecule has 5 heteroatoms. The third-order valence-corrected chi connectivity index (χ3v) is 4.83. The van der Waals surface area contributed by atoms with Gasteiger partial charge in [-0.1, -0.05) is 15.9 Å². The molecule has 2 aromatic rings. The van der Waals surface area contributed by atoms with Crippen LogP contribution < -0.4 is 0 Å². The fourth-order valence-corrected chi connectivity index (χ4v) is 3.76. The minimum Gasteiger partial charge on any atom is -0.465 e. The molecule has 1 aliphatic heterocycles. The van der Waals surface area contributed by atoms with E-state index in [2.05, 4.69) is 28.1 Å². The topological polar surface area (TPSA) is 40.5 Å². The van der Waals surface area contributed by atoms with Gasteiger partial charge in [0.1, 0.15) is 0 Å². The Labute approximate surface area is 111 Å². The van der Waals surface area contributed by atoms with Gasteiger partial charge in [0.05, 0.1) is 6.54 Å². The molecule has 1 aliphatic rings. The highest BCUT2D eigenvalue weighted by Gasteiger charge is 2.23. The van der Waals surface area contributed by atoms with Gasteiger partial charge in [-0.3, -0.25) is 0 Å². The Morgan fingerprint density at radius 1 is 1.47 bits per heavy atom. The largest absolute Gasteiger partial charge is 0.465 e. The van der Waals surface area contributed by atoms with E-state index in [1.807, 2.05) is 6.07 Å². The lowest BCUT2D eigenvalue weighted by Gasteiger charge is -2.24. The van der Waals surface area contributed by atoms with Gasteiger partial charge in [-0.2, -0.15) is 0 Å². The van der Waals surface area contributed by atoms with Gasteiger partial charge in [0, 0.05) is 20.6 Å². The van der Waals surface area contributed by atoms with E-state index >= 15 is 0 Å². The number of nitrogens with zero attached hydrogens (tertiary/aromatic N) is 1. The fourth-order valence-electron chi connectivity index (χ4n) is 2.22. The molecule has 0 saturated carbocycles. The highest BCUT2D eigenvalue weighted by Crippen LogP contribution is 2.36. The molecular weight excluding hydrogens is 302 g/mol. The Balaban J connectivity index is 2.13. The van der Waals surface area contributed by atoms with Crippen LogP contribution in [0.3, 0.4) is 0 Å². The maximum atomic E-state index is 11.0. The molecule has 0 aliphatic carbocycles.